The Labute approximate surface area is 194 Å². The van der Waals surface area contributed by atoms with Crippen LogP contribution < -0.4 is 5.32 Å². The van der Waals surface area contributed by atoms with E-state index in [0.29, 0.717) is 5.91 Å². The summed E-state index contributed by atoms with van der Waals surface area (Å²) in [6.45, 7) is 14.6. The van der Waals surface area contributed by atoms with Gasteiger partial charge in [-0.3, -0.25) is 14.7 Å². The number of nitrogens with zero attached hydrogens (tertiary/aromatic N) is 5. The van der Waals surface area contributed by atoms with E-state index in [2.05, 4.69) is 38.9 Å². The van der Waals surface area contributed by atoms with Gasteiger partial charge in [-0.25, -0.2) is 0 Å². The van der Waals surface area contributed by atoms with Gasteiger partial charge in [0, 0.05) is 59.4 Å². The lowest BCUT2D eigenvalue weighted by Gasteiger charge is -2.39. The second kappa shape index (κ2) is 12.3. The van der Waals surface area contributed by atoms with Crippen molar-refractivity contribution in [2.45, 2.75) is 45.6 Å². The number of amides is 1. The van der Waals surface area contributed by atoms with E-state index in [0.717, 1.165) is 70.5 Å². The Morgan fingerprint density at radius 3 is 2.38 bits per heavy atom. The molecular formula is C21H41IN6O. The molecule has 2 unspecified atom stereocenters. The highest BCUT2D eigenvalue weighted by molar-refractivity contribution is 14.0. The molecule has 29 heavy (non-hydrogen) atoms. The molecule has 168 valence electrons. The Kier molecular flexibility index (Phi) is 10.5. The topological polar surface area (TPSA) is 54.4 Å². The van der Waals surface area contributed by atoms with Crippen molar-refractivity contribution < 1.29 is 4.79 Å². The number of rotatable bonds is 6. The fourth-order valence-corrected chi connectivity index (χ4v) is 4.85. The summed E-state index contributed by atoms with van der Waals surface area (Å²) in [6, 6.07) is -0.00161. The predicted octanol–water partition coefficient (Wildman–Crippen LogP) is 1.54. The minimum Gasteiger partial charge on any atom is -0.356 e. The molecule has 3 heterocycles. The Bertz CT molecular complexity index is 531. The molecule has 0 saturated carbocycles. The number of piperazine rings is 1. The summed E-state index contributed by atoms with van der Waals surface area (Å²) < 4.78 is 0. The van der Waals surface area contributed by atoms with Crippen molar-refractivity contribution in [3.8, 4) is 0 Å². The first kappa shape index (κ1) is 24.7. The van der Waals surface area contributed by atoms with Crippen LogP contribution in [0.1, 0.15) is 39.5 Å². The smallest absolute Gasteiger partial charge is 0.239 e. The molecule has 3 fully saturated rings. The standard InChI is InChI=1S/C21H40N6O.HI/c1-4-8-24-11-7-19(17-24)16-23-21(22-3)27-14-12-25(13-15-27)18(2)20(28)26-9-5-6-10-26;/h18-19H,4-17H2,1-3H3,(H,22,23);1H. The molecule has 1 amide bonds. The zero-order valence-corrected chi connectivity index (χ0v) is 20.9. The fraction of sp³-hybridized carbons (Fsp3) is 0.905. The Morgan fingerprint density at radius 2 is 1.76 bits per heavy atom. The summed E-state index contributed by atoms with van der Waals surface area (Å²) in [5, 5.41) is 3.61. The van der Waals surface area contributed by atoms with E-state index < -0.39 is 0 Å². The number of hydrogen-bond acceptors (Lipinski definition) is 4. The fourth-order valence-electron chi connectivity index (χ4n) is 4.85. The molecule has 0 radical (unpaired) electrons. The molecule has 0 aromatic rings. The van der Waals surface area contributed by atoms with Crippen LogP contribution in [0.5, 0.6) is 0 Å². The number of guanidine groups is 1. The molecule has 1 N–H and O–H groups in total. The number of carbonyl (C=O) groups excluding carboxylic acids is 1. The largest absolute Gasteiger partial charge is 0.356 e. The van der Waals surface area contributed by atoms with E-state index in [9.17, 15) is 4.79 Å². The van der Waals surface area contributed by atoms with E-state index in [1.807, 2.05) is 11.9 Å². The van der Waals surface area contributed by atoms with E-state index in [-0.39, 0.29) is 30.0 Å². The molecule has 0 aromatic carbocycles. The van der Waals surface area contributed by atoms with Gasteiger partial charge in [-0.2, -0.15) is 0 Å². The van der Waals surface area contributed by atoms with Crippen molar-refractivity contribution >= 4 is 35.8 Å². The van der Waals surface area contributed by atoms with E-state index in [4.69, 9.17) is 0 Å². The molecule has 7 nitrogen and oxygen atoms in total. The van der Waals surface area contributed by atoms with E-state index in [1.165, 1.54) is 32.5 Å². The Morgan fingerprint density at radius 1 is 1.07 bits per heavy atom. The number of likely N-dealkylation sites (tertiary alicyclic amines) is 2. The lowest BCUT2D eigenvalue weighted by Crippen LogP contribution is -2.57. The van der Waals surface area contributed by atoms with Crippen molar-refractivity contribution in [1.82, 2.24) is 24.9 Å². The first-order chi connectivity index (χ1) is 13.6. The highest BCUT2D eigenvalue weighted by atomic mass is 127. The van der Waals surface area contributed by atoms with Gasteiger partial charge in [0.05, 0.1) is 6.04 Å². The molecular weight excluding hydrogens is 479 g/mol. The van der Waals surface area contributed by atoms with Gasteiger partial charge in [0.1, 0.15) is 0 Å². The van der Waals surface area contributed by atoms with Crippen LogP contribution in [0, 0.1) is 5.92 Å². The third-order valence-electron chi connectivity index (χ3n) is 6.61. The third kappa shape index (κ3) is 6.69. The molecule has 3 rings (SSSR count). The molecule has 8 heteroatoms. The average Bonchev–Trinajstić information content (AvgIpc) is 3.40. The zero-order valence-electron chi connectivity index (χ0n) is 18.6. The maximum atomic E-state index is 12.7. The monoisotopic (exact) mass is 520 g/mol. The van der Waals surface area contributed by atoms with Gasteiger partial charge in [-0.05, 0) is 51.6 Å². The molecule has 0 aromatic heterocycles. The summed E-state index contributed by atoms with van der Waals surface area (Å²) >= 11 is 0. The first-order valence-corrected chi connectivity index (χ1v) is 11.3. The van der Waals surface area contributed by atoms with Crippen LogP contribution in [0.25, 0.3) is 0 Å². The van der Waals surface area contributed by atoms with Gasteiger partial charge in [0.2, 0.25) is 5.91 Å². The van der Waals surface area contributed by atoms with Crippen LogP contribution in [0.2, 0.25) is 0 Å². The molecule has 3 aliphatic rings. The summed E-state index contributed by atoms with van der Waals surface area (Å²) in [5.41, 5.74) is 0. The van der Waals surface area contributed by atoms with Crippen LogP contribution in [0.4, 0.5) is 0 Å². The molecule has 0 aliphatic carbocycles. The Hall–Kier alpha value is -0.610. The highest BCUT2D eigenvalue weighted by Crippen LogP contribution is 2.16. The number of hydrogen-bond donors (Lipinski definition) is 1. The lowest BCUT2D eigenvalue weighted by molar-refractivity contribution is -0.135. The molecule has 0 spiro atoms. The Balaban J connectivity index is 0.00000300. The van der Waals surface area contributed by atoms with Crippen molar-refractivity contribution in [1.29, 1.82) is 0 Å². The van der Waals surface area contributed by atoms with E-state index in [1.54, 1.807) is 0 Å². The van der Waals surface area contributed by atoms with Gasteiger partial charge in [0.15, 0.2) is 5.96 Å². The van der Waals surface area contributed by atoms with Crippen molar-refractivity contribution in [3.63, 3.8) is 0 Å². The normalized spacial score (nSPS) is 25.2. The molecule has 3 aliphatic heterocycles. The molecule has 3 saturated heterocycles. The van der Waals surface area contributed by atoms with Gasteiger partial charge in [0.25, 0.3) is 0 Å². The third-order valence-corrected chi connectivity index (χ3v) is 6.61. The number of aliphatic imine (C=N–C) groups is 1. The van der Waals surface area contributed by atoms with Crippen LogP contribution in [0.15, 0.2) is 4.99 Å². The second-order valence-corrected chi connectivity index (χ2v) is 8.61. The van der Waals surface area contributed by atoms with Crippen LogP contribution in [-0.4, -0.2) is 110 Å². The van der Waals surface area contributed by atoms with Gasteiger partial charge >= 0.3 is 0 Å². The number of nitrogens with one attached hydrogen (secondary N) is 1. The quantitative estimate of drug-likeness (QED) is 0.327. The lowest BCUT2D eigenvalue weighted by atomic mass is 10.1. The maximum absolute atomic E-state index is 12.7. The van der Waals surface area contributed by atoms with Gasteiger partial charge in [-0.15, -0.1) is 24.0 Å². The van der Waals surface area contributed by atoms with Gasteiger partial charge in [-0.1, -0.05) is 6.92 Å². The SMILES string of the molecule is CCCN1CCC(CNC(=NC)N2CCN(C(C)C(=O)N3CCCC3)CC2)C1.I. The number of carbonyl (C=O) groups is 1. The number of halogens is 1. The minimum absolute atomic E-state index is 0. The van der Waals surface area contributed by atoms with Gasteiger partial charge < -0.3 is 20.0 Å². The predicted molar refractivity (Wildman–Crippen MR) is 130 cm³/mol. The minimum atomic E-state index is -0.00161. The highest BCUT2D eigenvalue weighted by Gasteiger charge is 2.30. The van der Waals surface area contributed by atoms with Crippen LogP contribution in [0.3, 0.4) is 0 Å². The average molecular weight is 521 g/mol. The molecule has 2 atom stereocenters. The zero-order chi connectivity index (χ0) is 19.9. The van der Waals surface area contributed by atoms with Crippen LogP contribution >= 0.6 is 24.0 Å². The maximum Gasteiger partial charge on any atom is 0.239 e. The van der Waals surface area contributed by atoms with E-state index >= 15 is 0 Å². The molecule has 0 bridgehead atoms. The summed E-state index contributed by atoms with van der Waals surface area (Å²) in [4.78, 5) is 26.5. The summed E-state index contributed by atoms with van der Waals surface area (Å²) in [6.07, 6.45) is 4.84. The van der Waals surface area contributed by atoms with Crippen molar-refractivity contribution in [3.05, 3.63) is 0 Å². The second-order valence-electron chi connectivity index (χ2n) is 8.61. The van der Waals surface area contributed by atoms with Crippen molar-refractivity contribution in [2.75, 3.05) is 72.5 Å². The van der Waals surface area contributed by atoms with Crippen LogP contribution in [-0.2, 0) is 4.79 Å². The summed E-state index contributed by atoms with van der Waals surface area (Å²) in [7, 11) is 1.88. The van der Waals surface area contributed by atoms with Crippen molar-refractivity contribution in [2.24, 2.45) is 10.9 Å². The first-order valence-electron chi connectivity index (χ1n) is 11.3. The summed E-state index contributed by atoms with van der Waals surface area (Å²) in [5.74, 6) is 2.06.